The van der Waals surface area contributed by atoms with E-state index in [4.69, 9.17) is 9.52 Å². The zero-order chi connectivity index (χ0) is 18.4. The van der Waals surface area contributed by atoms with E-state index < -0.39 is 0 Å². The Morgan fingerprint density at radius 3 is 2.96 bits per heavy atom. The average molecular weight is 390 g/mol. The Bertz CT molecular complexity index is 878. The van der Waals surface area contributed by atoms with Crippen molar-refractivity contribution < 1.29 is 14.3 Å². The summed E-state index contributed by atoms with van der Waals surface area (Å²) < 4.78 is 6.52. The molecule has 3 N–H and O–H groups in total. The van der Waals surface area contributed by atoms with Gasteiger partial charge in [0, 0.05) is 12.1 Å². The Morgan fingerprint density at radius 2 is 2.19 bits per heavy atom. The number of urea groups is 1. The molecule has 0 unspecified atom stereocenters. The van der Waals surface area contributed by atoms with Crippen LogP contribution in [0.15, 0.2) is 45.3 Å². The molecule has 1 aromatic carbocycles. The number of carbonyl (C=O) groups is 1. The molecule has 0 aliphatic rings. The van der Waals surface area contributed by atoms with Gasteiger partial charge in [-0.1, -0.05) is 30.4 Å². The van der Waals surface area contributed by atoms with Gasteiger partial charge >= 0.3 is 6.03 Å². The molecule has 3 aromatic rings. The fourth-order valence-electron chi connectivity index (χ4n) is 2.10. The van der Waals surface area contributed by atoms with Gasteiger partial charge < -0.3 is 14.8 Å². The molecule has 2 amide bonds. The van der Waals surface area contributed by atoms with Crippen LogP contribution < -0.4 is 10.6 Å². The van der Waals surface area contributed by atoms with Gasteiger partial charge in [-0.3, -0.25) is 5.32 Å². The molecule has 0 aliphatic heterocycles. The van der Waals surface area contributed by atoms with Crippen LogP contribution in [0.3, 0.4) is 0 Å². The van der Waals surface area contributed by atoms with Gasteiger partial charge in [0.2, 0.25) is 5.89 Å². The number of oxazole rings is 1. The monoisotopic (exact) mass is 390 g/mol. The van der Waals surface area contributed by atoms with Crippen molar-refractivity contribution >= 4 is 39.9 Å². The first kappa shape index (κ1) is 18.4. The first-order valence-corrected chi connectivity index (χ1v) is 9.76. The molecule has 0 saturated carbocycles. The summed E-state index contributed by atoms with van der Waals surface area (Å²) in [5, 5.41) is 15.1. The lowest BCUT2D eigenvalue weighted by Gasteiger charge is -2.06. The van der Waals surface area contributed by atoms with E-state index in [0.29, 0.717) is 22.5 Å². The summed E-state index contributed by atoms with van der Waals surface area (Å²) in [6.45, 7) is 1.94. The summed E-state index contributed by atoms with van der Waals surface area (Å²) in [6, 6.07) is 6.63. The number of rotatable bonds is 7. The third kappa shape index (κ3) is 5.07. The lowest BCUT2D eigenvalue weighted by atomic mass is 10.2. The van der Waals surface area contributed by atoms with Crippen molar-refractivity contribution in [3.05, 3.63) is 53.9 Å². The number of carbonyl (C=O) groups excluding carboxylic acids is 1. The highest BCUT2D eigenvalue weighted by Gasteiger charge is 2.09. The van der Waals surface area contributed by atoms with Crippen molar-refractivity contribution in [3.63, 3.8) is 0 Å². The summed E-state index contributed by atoms with van der Waals surface area (Å²) in [5.41, 5.74) is 1.34. The molecule has 0 saturated heterocycles. The number of hydrogen-bond donors (Lipinski definition) is 3. The molecular weight excluding hydrogens is 372 g/mol. The smallest absolute Gasteiger partial charge is 0.325 e. The van der Waals surface area contributed by atoms with E-state index >= 15 is 0 Å². The largest absolute Gasteiger partial charge is 0.445 e. The minimum absolute atomic E-state index is 0.0749. The Morgan fingerprint density at radius 1 is 1.31 bits per heavy atom. The second-order valence-electron chi connectivity index (χ2n) is 5.28. The normalized spacial score (nSPS) is 10.7. The molecule has 0 atom stereocenters. The third-order valence-corrected chi connectivity index (χ3v) is 5.45. The Hall–Kier alpha value is -2.36. The zero-order valence-electron chi connectivity index (χ0n) is 14.1. The highest BCUT2D eigenvalue weighted by atomic mass is 32.2. The van der Waals surface area contributed by atoms with E-state index in [1.54, 1.807) is 48.4 Å². The van der Waals surface area contributed by atoms with Crippen LogP contribution in [0.2, 0.25) is 0 Å². The lowest BCUT2D eigenvalue weighted by Crippen LogP contribution is -2.19. The van der Waals surface area contributed by atoms with Crippen LogP contribution in [-0.2, 0) is 18.8 Å². The number of aliphatic hydroxyl groups is 1. The van der Waals surface area contributed by atoms with E-state index in [0.717, 1.165) is 22.0 Å². The molecule has 0 bridgehead atoms. The highest BCUT2D eigenvalue weighted by Crippen LogP contribution is 2.30. The van der Waals surface area contributed by atoms with Gasteiger partial charge in [0.25, 0.3) is 0 Å². The van der Waals surface area contributed by atoms with Gasteiger partial charge in [-0.05, 0) is 17.7 Å². The van der Waals surface area contributed by atoms with Crippen molar-refractivity contribution in [2.24, 2.45) is 0 Å². The van der Waals surface area contributed by atoms with Gasteiger partial charge in [0.15, 0.2) is 5.13 Å². The maximum atomic E-state index is 12.1. The summed E-state index contributed by atoms with van der Waals surface area (Å²) in [5.74, 6) is 2.16. The second kappa shape index (κ2) is 8.84. The third-order valence-electron chi connectivity index (χ3n) is 3.36. The maximum absolute atomic E-state index is 12.1. The number of thioether (sulfide) groups is 1. The van der Waals surface area contributed by atoms with E-state index in [1.807, 2.05) is 6.92 Å². The number of aromatic nitrogens is 2. The van der Waals surface area contributed by atoms with Crippen molar-refractivity contribution in [1.82, 2.24) is 9.97 Å². The topological polar surface area (TPSA) is 100 Å². The van der Waals surface area contributed by atoms with Gasteiger partial charge in [-0.25, -0.2) is 14.8 Å². The summed E-state index contributed by atoms with van der Waals surface area (Å²) in [6.07, 6.45) is 4.27. The predicted molar refractivity (Wildman–Crippen MR) is 103 cm³/mol. The van der Waals surface area contributed by atoms with E-state index in [2.05, 4.69) is 20.6 Å². The van der Waals surface area contributed by atoms with Crippen LogP contribution in [0.1, 0.15) is 24.1 Å². The van der Waals surface area contributed by atoms with Crippen molar-refractivity contribution in [3.8, 4) is 0 Å². The summed E-state index contributed by atoms with van der Waals surface area (Å²) in [4.78, 5) is 20.5. The van der Waals surface area contributed by atoms with Crippen molar-refractivity contribution in [1.29, 1.82) is 0 Å². The lowest BCUT2D eigenvalue weighted by molar-refractivity contribution is 0.262. The van der Waals surface area contributed by atoms with E-state index in [1.165, 1.54) is 11.3 Å². The first-order chi connectivity index (χ1) is 12.7. The van der Waals surface area contributed by atoms with Crippen LogP contribution in [0.4, 0.5) is 15.6 Å². The molecule has 26 heavy (non-hydrogen) atoms. The Labute approximate surface area is 158 Å². The SMILES string of the molecule is CCc1cnc(CSc2cnc(NC(=O)Nc3cccc(CO)c3)s2)o1. The van der Waals surface area contributed by atoms with Gasteiger partial charge in [0.05, 0.1) is 29.0 Å². The molecule has 0 fully saturated rings. The average Bonchev–Trinajstić information content (AvgIpc) is 3.29. The molecule has 0 spiro atoms. The van der Waals surface area contributed by atoms with Crippen molar-refractivity contribution in [2.75, 3.05) is 10.6 Å². The number of nitrogens with one attached hydrogen (secondary N) is 2. The molecule has 0 radical (unpaired) electrons. The molecule has 136 valence electrons. The molecule has 2 aromatic heterocycles. The summed E-state index contributed by atoms with van der Waals surface area (Å²) >= 11 is 2.94. The molecule has 9 heteroatoms. The van der Waals surface area contributed by atoms with Gasteiger partial charge in [-0.15, -0.1) is 11.8 Å². The van der Waals surface area contributed by atoms with Crippen LogP contribution >= 0.6 is 23.1 Å². The fourth-order valence-corrected chi connectivity index (χ4v) is 3.82. The number of hydrogen-bond acceptors (Lipinski definition) is 7. The Balaban J connectivity index is 1.51. The summed E-state index contributed by atoms with van der Waals surface area (Å²) in [7, 11) is 0. The molecule has 3 rings (SSSR count). The molecular formula is C17H18N4O3S2. The van der Waals surface area contributed by atoms with E-state index in [9.17, 15) is 4.79 Å². The Kier molecular flexibility index (Phi) is 6.26. The molecule has 0 aliphatic carbocycles. The quantitative estimate of drug-likeness (QED) is 0.525. The van der Waals surface area contributed by atoms with Gasteiger partial charge in [0.1, 0.15) is 5.76 Å². The first-order valence-electron chi connectivity index (χ1n) is 7.96. The number of nitrogens with zero attached hydrogens (tertiary/aromatic N) is 2. The van der Waals surface area contributed by atoms with Crippen LogP contribution in [-0.4, -0.2) is 21.1 Å². The standard InChI is InChI=1S/C17H18N4O3S2/c1-2-13-7-18-14(24-13)10-25-15-8-19-17(26-15)21-16(23)20-12-5-3-4-11(6-12)9-22/h3-8,22H,2,9-10H2,1H3,(H2,19,20,21,23). The van der Waals surface area contributed by atoms with E-state index in [-0.39, 0.29) is 12.6 Å². The maximum Gasteiger partial charge on any atom is 0.325 e. The number of anilines is 2. The van der Waals surface area contributed by atoms with Crippen molar-refractivity contribution in [2.45, 2.75) is 29.9 Å². The van der Waals surface area contributed by atoms with Crippen LogP contribution in [0.5, 0.6) is 0 Å². The predicted octanol–water partition coefficient (Wildman–Crippen LogP) is 4.12. The second-order valence-corrected chi connectivity index (χ2v) is 7.59. The number of thiazole rings is 1. The number of aliphatic hydroxyl groups excluding tert-OH is 1. The van der Waals surface area contributed by atoms with Crippen LogP contribution in [0, 0.1) is 0 Å². The number of amides is 2. The number of benzene rings is 1. The minimum atomic E-state index is -0.383. The highest BCUT2D eigenvalue weighted by molar-refractivity contribution is 8.00. The van der Waals surface area contributed by atoms with Crippen LogP contribution in [0.25, 0.3) is 0 Å². The fraction of sp³-hybridized carbons (Fsp3) is 0.235. The zero-order valence-corrected chi connectivity index (χ0v) is 15.7. The minimum Gasteiger partial charge on any atom is -0.445 e. The molecule has 2 heterocycles. The van der Waals surface area contributed by atoms with Gasteiger partial charge in [-0.2, -0.15) is 0 Å². The molecule has 7 nitrogen and oxygen atoms in total. The number of aryl methyl sites for hydroxylation is 1.